The number of hydrogen-bond donors (Lipinski definition) is 2. The minimum Gasteiger partial charge on any atom is -0.305 e. The van der Waals surface area contributed by atoms with Crippen molar-refractivity contribution >= 4 is 22.6 Å². The molecule has 2 aromatic heterocycles. The number of halogens is 4. The standard InChI is InChI=1S/C23H18F4N4O/c1-12(2)20-14(5-3-6-16(20)24)13-9-10-17-15(11-13)21(31-30-17)22(32)29-19-8-4-7-18(28-19)23(25,26)27/h3-12H,1-2H3,(H,30,31)(H,28,29,32). The van der Waals surface area contributed by atoms with Gasteiger partial charge in [0, 0.05) is 5.39 Å². The molecule has 0 atom stereocenters. The van der Waals surface area contributed by atoms with E-state index in [2.05, 4.69) is 20.5 Å². The van der Waals surface area contributed by atoms with E-state index in [0.717, 1.165) is 12.1 Å². The molecule has 0 bridgehead atoms. The first-order chi connectivity index (χ1) is 15.1. The molecule has 0 aliphatic carbocycles. The topological polar surface area (TPSA) is 70.7 Å². The number of amides is 1. The molecule has 2 aromatic carbocycles. The van der Waals surface area contributed by atoms with Gasteiger partial charge in [-0.3, -0.25) is 9.89 Å². The molecule has 2 N–H and O–H groups in total. The number of benzene rings is 2. The van der Waals surface area contributed by atoms with Crippen LogP contribution in [0.3, 0.4) is 0 Å². The molecule has 0 saturated heterocycles. The average molecular weight is 442 g/mol. The molecule has 0 radical (unpaired) electrons. The summed E-state index contributed by atoms with van der Waals surface area (Å²) in [6.07, 6.45) is -4.63. The Kier molecular flexibility index (Phi) is 5.41. The van der Waals surface area contributed by atoms with Crippen LogP contribution in [0, 0.1) is 5.82 Å². The summed E-state index contributed by atoms with van der Waals surface area (Å²) in [7, 11) is 0. The molecular formula is C23H18F4N4O. The largest absolute Gasteiger partial charge is 0.433 e. The maximum Gasteiger partial charge on any atom is 0.433 e. The van der Waals surface area contributed by atoms with Gasteiger partial charge < -0.3 is 5.32 Å². The number of aromatic amines is 1. The Balaban J connectivity index is 1.72. The van der Waals surface area contributed by atoms with Crippen LogP contribution in [0.2, 0.25) is 0 Å². The molecule has 0 fully saturated rings. The maximum absolute atomic E-state index is 14.4. The molecule has 4 aromatic rings. The predicted molar refractivity (Wildman–Crippen MR) is 113 cm³/mol. The van der Waals surface area contributed by atoms with E-state index in [9.17, 15) is 22.4 Å². The van der Waals surface area contributed by atoms with Gasteiger partial charge in [0.15, 0.2) is 5.69 Å². The second-order valence-electron chi connectivity index (χ2n) is 7.55. The molecular weight excluding hydrogens is 424 g/mol. The zero-order valence-corrected chi connectivity index (χ0v) is 17.1. The van der Waals surface area contributed by atoms with Gasteiger partial charge >= 0.3 is 6.18 Å². The van der Waals surface area contributed by atoms with Crippen molar-refractivity contribution in [3.8, 4) is 11.1 Å². The van der Waals surface area contributed by atoms with Gasteiger partial charge in [-0.1, -0.05) is 38.1 Å². The number of nitrogens with zero attached hydrogens (tertiary/aromatic N) is 2. The number of pyridine rings is 1. The van der Waals surface area contributed by atoms with Crippen molar-refractivity contribution in [2.24, 2.45) is 0 Å². The van der Waals surface area contributed by atoms with Crippen molar-refractivity contribution in [2.75, 3.05) is 5.32 Å². The Morgan fingerprint density at radius 2 is 1.81 bits per heavy atom. The Morgan fingerprint density at radius 3 is 2.53 bits per heavy atom. The highest BCUT2D eigenvalue weighted by molar-refractivity contribution is 6.11. The Hall–Kier alpha value is -3.75. The van der Waals surface area contributed by atoms with Crippen LogP contribution in [0.4, 0.5) is 23.4 Å². The molecule has 4 rings (SSSR count). The van der Waals surface area contributed by atoms with E-state index in [1.54, 1.807) is 30.3 Å². The zero-order valence-electron chi connectivity index (χ0n) is 17.1. The minimum atomic E-state index is -4.63. The van der Waals surface area contributed by atoms with E-state index < -0.39 is 17.8 Å². The fraction of sp³-hybridized carbons (Fsp3) is 0.174. The number of fused-ring (bicyclic) bond motifs is 1. The number of carbonyl (C=O) groups excluding carboxylic acids is 1. The van der Waals surface area contributed by atoms with E-state index >= 15 is 0 Å². The molecule has 32 heavy (non-hydrogen) atoms. The summed E-state index contributed by atoms with van der Waals surface area (Å²) in [6, 6.07) is 13.2. The maximum atomic E-state index is 14.4. The molecule has 1 amide bonds. The Bertz CT molecular complexity index is 1310. The normalized spacial score (nSPS) is 11.8. The molecule has 0 aliphatic heterocycles. The quantitative estimate of drug-likeness (QED) is 0.372. The van der Waals surface area contributed by atoms with E-state index in [1.807, 2.05) is 13.8 Å². The van der Waals surface area contributed by atoms with Gasteiger partial charge in [0.2, 0.25) is 0 Å². The minimum absolute atomic E-state index is 0.0106. The van der Waals surface area contributed by atoms with Crippen molar-refractivity contribution in [1.82, 2.24) is 15.2 Å². The van der Waals surface area contributed by atoms with Crippen molar-refractivity contribution in [3.63, 3.8) is 0 Å². The van der Waals surface area contributed by atoms with Crippen molar-refractivity contribution in [2.45, 2.75) is 25.9 Å². The van der Waals surface area contributed by atoms with Crippen LogP contribution in [0.15, 0.2) is 54.6 Å². The summed E-state index contributed by atoms with van der Waals surface area (Å²) in [5, 5.41) is 9.55. The number of rotatable bonds is 4. The highest BCUT2D eigenvalue weighted by atomic mass is 19.4. The van der Waals surface area contributed by atoms with E-state index in [4.69, 9.17) is 0 Å². The Labute approximate surface area is 180 Å². The van der Waals surface area contributed by atoms with Crippen molar-refractivity contribution in [3.05, 3.63) is 77.4 Å². The first-order valence-electron chi connectivity index (χ1n) is 9.77. The van der Waals surface area contributed by atoms with Gasteiger partial charge in [-0.2, -0.15) is 18.3 Å². The van der Waals surface area contributed by atoms with Gasteiger partial charge in [-0.25, -0.2) is 9.37 Å². The van der Waals surface area contributed by atoms with E-state index in [0.29, 0.717) is 27.6 Å². The fourth-order valence-corrected chi connectivity index (χ4v) is 3.57. The number of carbonyl (C=O) groups is 1. The van der Waals surface area contributed by atoms with E-state index in [-0.39, 0.29) is 23.2 Å². The third-order valence-corrected chi connectivity index (χ3v) is 5.00. The summed E-state index contributed by atoms with van der Waals surface area (Å²) in [5.41, 5.74) is 1.36. The predicted octanol–water partition coefficient (Wildman–Crippen LogP) is 6.16. The summed E-state index contributed by atoms with van der Waals surface area (Å²) < 4.78 is 53.1. The lowest BCUT2D eigenvalue weighted by Gasteiger charge is -2.14. The lowest BCUT2D eigenvalue weighted by molar-refractivity contribution is -0.141. The third kappa shape index (κ3) is 4.05. The third-order valence-electron chi connectivity index (χ3n) is 5.00. The van der Waals surface area contributed by atoms with Crippen LogP contribution in [-0.4, -0.2) is 21.1 Å². The summed E-state index contributed by atoms with van der Waals surface area (Å²) in [5.74, 6) is -1.35. The SMILES string of the molecule is CC(C)c1c(F)cccc1-c1ccc2[nH]nc(C(=O)Nc3cccc(C(F)(F)F)n3)c2c1. The van der Waals surface area contributed by atoms with Gasteiger partial charge in [0.25, 0.3) is 5.91 Å². The number of aromatic nitrogens is 3. The number of H-pyrrole nitrogens is 1. The average Bonchev–Trinajstić information content (AvgIpc) is 3.16. The molecule has 2 heterocycles. The zero-order chi connectivity index (χ0) is 23.0. The van der Waals surface area contributed by atoms with Crippen LogP contribution in [0.1, 0.15) is 41.5 Å². The monoisotopic (exact) mass is 442 g/mol. The molecule has 0 spiro atoms. The summed E-state index contributed by atoms with van der Waals surface area (Å²) in [4.78, 5) is 16.2. The highest BCUT2D eigenvalue weighted by Gasteiger charge is 2.32. The summed E-state index contributed by atoms with van der Waals surface area (Å²) in [6.45, 7) is 3.78. The Morgan fingerprint density at radius 1 is 1.06 bits per heavy atom. The second-order valence-corrected chi connectivity index (χ2v) is 7.55. The molecule has 0 saturated carbocycles. The lowest BCUT2D eigenvalue weighted by Crippen LogP contribution is -2.16. The highest BCUT2D eigenvalue weighted by Crippen LogP contribution is 2.33. The van der Waals surface area contributed by atoms with Crippen molar-refractivity contribution < 1.29 is 22.4 Å². The lowest BCUT2D eigenvalue weighted by atomic mass is 9.91. The first-order valence-corrected chi connectivity index (χ1v) is 9.77. The smallest absolute Gasteiger partial charge is 0.305 e. The molecule has 9 heteroatoms. The number of alkyl halides is 3. The van der Waals surface area contributed by atoms with Gasteiger partial charge in [-0.15, -0.1) is 0 Å². The number of hydrogen-bond acceptors (Lipinski definition) is 3. The number of nitrogens with one attached hydrogen (secondary N) is 2. The van der Waals surface area contributed by atoms with E-state index in [1.165, 1.54) is 12.1 Å². The molecule has 0 aliphatic rings. The van der Waals surface area contributed by atoms with Crippen LogP contribution >= 0.6 is 0 Å². The van der Waals surface area contributed by atoms with Crippen LogP contribution in [-0.2, 0) is 6.18 Å². The fourth-order valence-electron chi connectivity index (χ4n) is 3.57. The van der Waals surface area contributed by atoms with Gasteiger partial charge in [-0.05, 0) is 52.9 Å². The molecule has 0 unspecified atom stereocenters. The molecule has 164 valence electrons. The van der Waals surface area contributed by atoms with Crippen LogP contribution in [0.5, 0.6) is 0 Å². The van der Waals surface area contributed by atoms with Crippen LogP contribution in [0.25, 0.3) is 22.0 Å². The van der Waals surface area contributed by atoms with Gasteiger partial charge in [0.1, 0.15) is 17.3 Å². The number of anilines is 1. The van der Waals surface area contributed by atoms with Gasteiger partial charge in [0.05, 0.1) is 5.52 Å². The second kappa shape index (κ2) is 8.07. The molecule has 5 nitrogen and oxygen atoms in total. The first kappa shape index (κ1) is 21.5. The van der Waals surface area contributed by atoms with Crippen LogP contribution < -0.4 is 5.32 Å². The van der Waals surface area contributed by atoms with Crippen molar-refractivity contribution in [1.29, 1.82) is 0 Å². The summed E-state index contributed by atoms with van der Waals surface area (Å²) >= 11 is 0.